The van der Waals surface area contributed by atoms with Crippen LogP contribution >= 0.6 is 11.6 Å². The van der Waals surface area contributed by atoms with Crippen molar-refractivity contribution >= 4 is 17.3 Å². The Hall–Kier alpha value is -3.12. The van der Waals surface area contributed by atoms with Crippen LogP contribution in [0.5, 0.6) is 0 Å². The van der Waals surface area contributed by atoms with Crippen molar-refractivity contribution in [1.82, 2.24) is 24.3 Å². The fourth-order valence-corrected chi connectivity index (χ4v) is 3.94. The number of anilines is 1. The van der Waals surface area contributed by atoms with E-state index in [1.54, 1.807) is 11.0 Å². The van der Waals surface area contributed by atoms with E-state index in [9.17, 15) is 0 Å². The molecule has 0 spiro atoms. The second-order valence-electron chi connectivity index (χ2n) is 7.24. The molecular formula is C22H21ClN6. The number of aromatic nitrogens is 5. The van der Waals surface area contributed by atoms with Gasteiger partial charge in [0.2, 0.25) is 0 Å². The van der Waals surface area contributed by atoms with Gasteiger partial charge in [-0.15, -0.1) is 0 Å². The monoisotopic (exact) mass is 404 g/mol. The normalized spacial score (nSPS) is 13.3. The van der Waals surface area contributed by atoms with E-state index in [2.05, 4.69) is 50.4 Å². The first-order valence-corrected chi connectivity index (χ1v) is 10.2. The van der Waals surface area contributed by atoms with E-state index in [4.69, 9.17) is 16.6 Å². The van der Waals surface area contributed by atoms with Crippen LogP contribution in [-0.4, -0.2) is 24.3 Å². The zero-order chi connectivity index (χ0) is 19.6. The van der Waals surface area contributed by atoms with Gasteiger partial charge in [0.25, 0.3) is 0 Å². The lowest BCUT2D eigenvalue weighted by atomic mass is 10.1. The molecule has 3 heterocycles. The predicted molar refractivity (Wildman–Crippen MR) is 114 cm³/mol. The zero-order valence-corrected chi connectivity index (χ0v) is 16.7. The highest BCUT2D eigenvalue weighted by molar-refractivity contribution is 6.30. The lowest BCUT2D eigenvalue weighted by Gasteiger charge is -2.12. The summed E-state index contributed by atoms with van der Waals surface area (Å²) in [4.78, 5) is 8.88. The Labute approximate surface area is 174 Å². The third-order valence-corrected chi connectivity index (χ3v) is 5.50. The Morgan fingerprint density at radius 3 is 2.93 bits per heavy atom. The van der Waals surface area contributed by atoms with Crippen LogP contribution in [-0.2, 0) is 19.5 Å². The molecule has 2 aromatic carbocycles. The van der Waals surface area contributed by atoms with Gasteiger partial charge in [-0.2, -0.15) is 5.10 Å². The number of benzene rings is 2. The smallest absolute Gasteiger partial charge is 0.138 e. The van der Waals surface area contributed by atoms with Crippen molar-refractivity contribution < 1.29 is 0 Å². The van der Waals surface area contributed by atoms with E-state index in [-0.39, 0.29) is 0 Å². The van der Waals surface area contributed by atoms with Gasteiger partial charge in [0, 0.05) is 42.0 Å². The summed E-state index contributed by atoms with van der Waals surface area (Å²) in [6.45, 7) is 1.72. The molecule has 146 valence electrons. The van der Waals surface area contributed by atoms with E-state index in [0.29, 0.717) is 11.6 Å². The van der Waals surface area contributed by atoms with Crippen molar-refractivity contribution in [1.29, 1.82) is 0 Å². The maximum atomic E-state index is 6.19. The maximum Gasteiger partial charge on any atom is 0.138 e. The Kier molecular flexibility index (Phi) is 4.77. The number of hydrogen-bond acceptors (Lipinski definition) is 4. The fraction of sp³-hybridized carbons (Fsp3) is 0.227. The highest BCUT2D eigenvalue weighted by atomic mass is 35.5. The summed E-state index contributed by atoms with van der Waals surface area (Å²) in [7, 11) is 0. The first-order chi connectivity index (χ1) is 14.3. The van der Waals surface area contributed by atoms with Crippen LogP contribution < -0.4 is 5.32 Å². The summed E-state index contributed by atoms with van der Waals surface area (Å²) in [5.41, 5.74) is 5.22. The Bertz CT molecular complexity index is 1110. The van der Waals surface area contributed by atoms with E-state index in [1.807, 2.05) is 18.2 Å². The van der Waals surface area contributed by atoms with Crippen molar-refractivity contribution in [2.75, 3.05) is 5.32 Å². The van der Waals surface area contributed by atoms with Crippen LogP contribution in [0.15, 0.2) is 61.3 Å². The second-order valence-corrected chi connectivity index (χ2v) is 7.68. The summed E-state index contributed by atoms with van der Waals surface area (Å²) < 4.78 is 4.02. The van der Waals surface area contributed by atoms with Crippen molar-refractivity contribution in [3.05, 3.63) is 77.7 Å². The summed E-state index contributed by atoms with van der Waals surface area (Å²) >= 11 is 6.19. The van der Waals surface area contributed by atoms with E-state index < -0.39 is 0 Å². The van der Waals surface area contributed by atoms with Gasteiger partial charge >= 0.3 is 0 Å². The lowest BCUT2D eigenvalue weighted by Crippen LogP contribution is -2.08. The Morgan fingerprint density at radius 2 is 2.07 bits per heavy atom. The highest BCUT2D eigenvalue weighted by Gasteiger charge is 2.13. The number of nitrogens with zero attached hydrogens (tertiary/aromatic N) is 5. The molecule has 29 heavy (non-hydrogen) atoms. The number of fused-ring (bicyclic) bond motifs is 1. The molecule has 0 bridgehead atoms. The van der Waals surface area contributed by atoms with Crippen LogP contribution in [0.1, 0.15) is 24.2 Å². The number of aryl methyl sites for hydroxylation is 2. The molecule has 7 heteroatoms. The zero-order valence-electron chi connectivity index (χ0n) is 15.9. The van der Waals surface area contributed by atoms with Gasteiger partial charge in [-0.25, -0.2) is 14.6 Å². The van der Waals surface area contributed by atoms with Crippen molar-refractivity contribution in [2.24, 2.45) is 0 Å². The number of rotatable bonds is 5. The lowest BCUT2D eigenvalue weighted by molar-refractivity contribution is 0.522. The summed E-state index contributed by atoms with van der Waals surface area (Å²) in [5, 5.41) is 8.42. The minimum atomic E-state index is 0.648. The van der Waals surface area contributed by atoms with Gasteiger partial charge in [0.15, 0.2) is 0 Å². The number of imidazole rings is 1. The molecule has 1 aliphatic heterocycles. The molecule has 6 nitrogen and oxygen atoms in total. The molecule has 5 rings (SSSR count). The van der Waals surface area contributed by atoms with Gasteiger partial charge < -0.3 is 9.88 Å². The average molecular weight is 405 g/mol. The molecule has 2 aromatic heterocycles. The third-order valence-electron chi connectivity index (χ3n) is 5.26. The quantitative estimate of drug-likeness (QED) is 0.522. The molecule has 0 unspecified atom stereocenters. The van der Waals surface area contributed by atoms with Gasteiger partial charge in [-0.1, -0.05) is 29.8 Å². The van der Waals surface area contributed by atoms with Crippen LogP contribution in [0.4, 0.5) is 5.69 Å². The minimum Gasteiger partial charge on any atom is -0.381 e. The first kappa shape index (κ1) is 17.9. The molecule has 0 radical (unpaired) electrons. The Morgan fingerprint density at radius 1 is 1.10 bits per heavy atom. The molecular weight excluding hydrogens is 384 g/mol. The molecule has 1 aliphatic rings. The summed E-state index contributed by atoms with van der Waals surface area (Å²) in [6.07, 6.45) is 8.91. The largest absolute Gasteiger partial charge is 0.381 e. The fourth-order valence-electron chi connectivity index (χ4n) is 3.77. The van der Waals surface area contributed by atoms with Crippen LogP contribution in [0.3, 0.4) is 0 Å². The average Bonchev–Trinajstić information content (AvgIpc) is 3.43. The van der Waals surface area contributed by atoms with E-state index >= 15 is 0 Å². The number of halogens is 1. The van der Waals surface area contributed by atoms with Gasteiger partial charge in [0.05, 0.1) is 11.4 Å². The van der Waals surface area contributed by atoms with E-state index in [1.165, 1.54) is 25.0 Å². The molecule has 4 aromatic rings. The molecule has 0 atom stereocenters. The van der Waals surface area contributed by atoms with Crippen LogP contribution in [0, 0.1) is 0 Å². The Balaban J connectivity index is 1.37. The molecule has 1 N–H and O–H groups in total. The van der Waals surface area contributed by atoms with Crippen molar-refractivity contribution in [2.45, 2.75) is 32.4 Å². The van der Waals surface area contributed by atoms with Crippen molar-refractivity contribution in [3.8, 4) is 16.9 Å². The predicted octanol–water partition coefficient (Wildman–Crippen LogP) is 4.73. The minimum absolute atomic E-state index is 0.648. The van der Waals surface area contributed by atoms with Gasteiger partial charge in [0.1, 0.15) is 18.5 Å². The first-order valence-electron chi connectivity index (χ1n) is 9.80. The summed E-state index contributed by atoms with van der Waals surface area (Å²) in [6, 6.07) is 14.2. The van der Waals surface area contributed by atoms with Crippen LogP contribution in [0.2, 0.25) is 5.02 Å². The van der Waals surface area contributed by atoms with Crippen LogP contribution in [0.25, 0.3) is 16.9 Å². The number of nitrogens with one attached hydrogen (secondary N) is 1. The summed E-state index contributed by atoms with van der Waals surface area (Å²) in [5.74, 6) is 1.20. The molecule has 0 saturated carbocycles. The molecule has 0 fully saturated rings. The molecule has 0 amide bonds. The topological polar surface area (TPSA) is 60.6 Å². The van der Waals surface area contributed by atoms with Gasteiger partial charge in [-0.3, -0.25) is 0 Å². The van der Waals surface area contributed by atoms with E-state index in [0.717, 1.165) is 41.2 Å². The number of hydrogen-bond donors (Lipinski definition) is 1. The second kappa shape index (κ2) is 7.72. The maximum absolute atomic E-state index is 6.19. The van der Waals surface area contributed by atoms with Gasteiger partial charge in [-0.05, 0) is 42.7 Å². The molecule has 0 saturated heterocycles. The standard InChI is InChI=1S/C22H21ClN6/c23-18-8-7-17(21(11-18)29-15-24-14-26-29)12-25-19-5-3-4-16(10-19)20-13-28-9-2-1-6-22(28)27-20/h3-5,7-8,10-11,13-15,25H,1-2,6,9,12H2. The molecule has 0 aliphatic carbocycles. The highest BCUT2D eigenvalue weighted by Crippen LogP contribution is 2.26. The van der Waals surface area contributed by atoms with Crippen molar-refractivity contribution in [3.63, 3.8) is 0 Å². The SMILES string of the molecule is Clc1ccc(CNc2cccc(-c3cn4c(n3)CCCC4)c2)c(-n2cncn2)c1. The third kappa shape index (κ3) is 3.76.